The Bertz CT molecular complexity index is 1110. The fourth-order valence-corrected chi connectivity index (χ4v) is 5.29. The van der Waals surface area contributed by atoms with E-state index in [0.717, 1.165) is 23.9 Å². The van der Waals surface area contributed by atoms with Gasteiger partial charge in [-0.05, 0) is 51.1 Å². The number of imide groups is 1. The number of carbonyl (C=O) groups excluding carboxylic acids is 2. The van der Waals surface area contributed by atoms with Crippen LogP contribution in [0.15, 0.2) is 46.7 Å². The molecule has 3 unspecified atom stereocenters. The maximum Gasteiger partial charge on any atom is 0.243 e. The summed E-state index contributed by atoms with van der Waals surface area (Å²) in [6.45, 7) is 3.24. The number of aromatic nitrogens is 1. The second-order valence-electron chi connectivity index (χ2n) is 8.30. The van der Waals surface area contributed by atoms with Crippen molar-refractivity contribution in [1.29, 1.82) is 0 Å². The smallest absolute Gasteiger partial charge is 0.243 e. The number of hydrogen-bond acceptors (Lipinski definition) is 6. The first-order chi connectivity index (χ1) is 14.4. The third-order valence-electron chi connectivity index (χ3n) is 6.95. The average Bonchev–Trinajstić information content (AvgIpc) is 3.27. The Morgan fingerprint density at radius 2 is 2.06 bits per heavy atom. The van der Waals surface area contributed by atoms with E-state index in [-0.39, 0.29) is 41.9 Å². The first kappa shape index (κ1) is 21.5. The van der Waals surface area contributed by atoms with Gasteiger partial charge in [0.2, 0.25) is 11.8 Å². The molecule has 2 N–H and O–H groups in total. The van der Waals surface area contributed by atoms with Crippen molar-refractivity contribution in [2.75, 3.05) is 13.1 Å². The van der Waals surface area contributed by atoms with Gasteiger partial charge in [0.25, 0.3) is 0 Å². The lowest BCUT2D eigenvalue weighted by molar-refractivity contribution is -0.132. The van der Waals surface area contributed by atoms with Crippen LogP contribution in [0.2, 0.25) is 0 Å². The van der Waals surface area contributed by atoms with E-state index in [1.807, 2.05) is 6.92 Å². The molecule has 0 radical (unpaired) electrons. The van der Waals surface area contributed by atoms with Crippen LogP contribution in [0.1, 0.15) is 31.4 Å². The molecular formula is C22H23ClFN3O4. The lowest BCUT2D eigenvalue weighted by atomic mass is 9.67. The molecule has 2 aromatic rings. The van der Waals surface area contributed by atoms with Crippen molar-refractivity contribution in [3.8, 4) is 0 Å². The van der Waals surface area contributed by atoms with Crippen molar-refractivity contribution in [3.63, 3.8) is 0 Å². The number of fused-ring (bicyclic) bond motifs is 2. The molecule has 9 heteroatoms. The number of benzene rings is 1. The van der Waals surface area contributed by atoms with Crippen molar-refractivity contribution < 1.29 is 23.6 Å². The van der Waals surface area contributed by atoms with Crippen molar-refractivity contribution in [3.05, 3.63) is 53.7 Å². The number of hydrogen-bond donors (Lipinski definition) is 2. The summed E-state index contributed by atoms with van der Waals surface area (Å²) in [5, 5.41) is 18.1. The lowest BCUT2D eigenvalue weighted by Crippen LogP contribution is -2.55. The molecule has 1 aromatic carbocycles. The number of piperidine rings is 1. The number of rotatable bonds is 3. The van der Waals surface area contributed by atoms with E-state index >= 15 is 0 Å². The summed E-state index contributed by atoms with van der Waals surface area (Å²) in [7, 11) is 0. The Labute approximate surface area is 184 Å². The molecule has 2 amide bonds. The van der Waals surface area contributed by atoms with Gasteiger partial charge in [-0.3, -0.25) is 19.8 Å². The molecular weight excluding hydrogens is 425 g/mol. The van der Waals surface area contributed by atoms with Crippen LogP contribution >= 0.6 is 12.4 Å². The molecule has 7 nitrogen and oxygen atoms in total. The molecule has 31 heavy (non-hydrogen) atoms. The average molecular weight is 448 g/mol. The predicted molar refractivity (Wildman–Crippen MR) is 113 cm³/mol. The third kappa shape index (κ3) is 3.08. The van der Waals surface area contributed by atoms with Crippen molar-refractivity contribution in [2.45, 2.75) is 31.7 Å². The summed E-state index contributed by atoms with van der Waals surface area (Å²) in [6, 6.07) is 4.07. The van der Waals surface area contributed by atoms with E-state index in [4.69, 9.17) is 4.52 Å². The summed E-state index contributed by atoms with van der Waals surface area (Å²) < 4.78 is 18.7. The van der Waals surface area contributed by atoms with E-state index in [0.29, 0.717) is 18.7 Å². The highest BCUT2D eigenvalue weighted by Gasteiger charge is 2.62. The molecule has 2 fully saturated rings. The van der Waals surface area contributed by atoms with Crippen LogP contribution in [-0.2, 0) is 9.59 Å². The molecule has 1 aromatic heterocycles. The van der Waals surface area contributed by atoms with Gasteiger partial charge in [0.05, 0.1) is 11.6 Å². The van der Waals surface area contributed by atoms with Crippen molar-refractivity contribution in [1.82, 2.24) is 15.4 Å². The van der Waals surface area contributed by atoms with Gasteiger partial charge in [-0.2, -0.15) is 0 Å². The summed E-state index contributed by atoms with van der Waals surface area (Å²) in [4.78, 5) is 27.3. The SMILES string of the molecule is CC(N1CCC(c2noc3cc(F)ccc23)CC1)C12C(=O)NC(=O)C1C=CC=C2O.Cl. The summed E-state index contributed by atoms with van der Waals surface area (Å²) >= 11 is 0. The van der Waals surface area contributed by atoms with Crippen LogP contribution in [-0.4, -0.2) is 46.1 Å². The first-order valence-electron chi connectivity index (χ1n) is 10.1. The molecule has 5 rings (SSSR count). The lowest BCUT2D eigenvalue weighted by Gasteiger charge is -2.45. The summed E-state index contributed by atoms with van der Waals surface area (Å²) in [5.74, 6) is -1.81. The monoisotopic (exact) mass is 447 g/mol. The number of halogens is 2. The maximum atomic E-state index is 13.4. The van der Waals surface area contributed by atoms with E-state index in [1.165, 1.54) is 18.2 Å². The van der Waals surface area contributed by atoms with Gasteiger partial charge < -0.3 is 9.63 Å². The van der Waals surface area contributed by atoms with E-state index in [2.05, 4.69) is 15.4 Å². The molecule has 1 aliphatic carbocycles. The van der Waals surface area contributed by atoms with E-state index in [1.54, 1.807) is 18.2 Å². The highest BCUT2D eigenvalue weighted by Crippen LogP contribution is 2.48. The van der Waals surface area contributed by atoms with Gasteiger partial charge in [0.1, 0.15) is 17.0 Å². The molecule has 164 valence electrons. The molecule has 0 saturated carbocycles. The van der Waals surface area contributed by atoms with Gasteiger partial charge in [-0.1, -0.05) is 17.3 Å². The number of nitrogens with one attached hydrogen (secondary N) is 1. The Morgan fingerprint density at radius 3 is 2.81 bits per heavy atom. The number of amides is 2. The highest BCUT2D eigenvalue weighted by molar-refractivity contribution is 6.10. The molecule has 3 heterocycles. The second kappa shape index (κ2) is 7.76. The van der Waals surface area contributed by atoms with Crippen molar-refractivity contribution in [2.24, 2.45) is 11.3 Å². The standard InChI is InChI=1S/C22H22FN3O4.ClH/c1-12(22-16(3-2-4-18(22)27)20(28)24-21(22)29)26-9-7-13(8-10-26)19-15-6-5-14(23)11-17(15)30-25-19;/h2-6,11-13,16,27H,7-10H2,1H3,(H,24,28,29);1H. The Morgan fingerprint density at radius 1 is 1.32 bits per heavy atom. The molecule has 3 aliphatic rings. The Kier molecular flexibility index (Phi) is 5.39. The first-order valence-corrected chi connectivity index (χ1v) is 10.1. The minimum absolute atomic E-state index is 0. The van der Waals surface area contributed by atoms with Crippen LogP contribution in [0.25, 0.3) is 11.0 Å². The number of aliphatic hydroxyl groups excluding tert-OH is 1. The summed E-state index contributed by atoms with van der Waals surface area (Å²) in [6.07, 6.45) is 6.36. The molecule has 0 spiro atoms. The van der Waals surface area contributed by atoms with Crippen LogP contribution in [0, 0.1) is 17.2 Å². The molecule has 3 atom stereocenters. The van der Waals surface area contributed by atoms with E-state index < -0.39 is 17.2 Å². The van der Waals surface area contributed by atoms with Crippen LogP contribution in [0.3, 0.4) is 0 Å². The third-order valence-corrected chi connectivity index (χ3v) is 6.95. The zero-order valence-corrected chi connectivity index (χ0v) is 17.7. The number of aliphatic hydroxyl groups is 1. The minimum Gasteiger partial charge on any atom is -0.511 e. The summed E-state index contributed by atoms with van der Waals surface area (Å²) in [5.41, 5.74) is -0.0326. The van der Waals surface area contributed by atoms with Gasteiger partial charge in [0.15, 0.2) is 5.58 Å². The quantitative estimate of drug-likeness (QED) is 0.701. The number of nitrogens with zero attached hydrogens (tertiary/aromatic N) is 2. The second-order valence-corrected chi connectivity index (χ2v) is 8.30. The van der Waals surface area contributed by atoms with Gasteiger partial charge in [-0.15, -0.1) is 12.4 Å². The fraction of sp³-hybridized carbons (Fsp3) is 0.409. The predicted octanol–water partition coefficient (Wildman–Crippen LogP) is 3.23. The Balaban J connectivity index is 0.00000231. The van der Waals surface area contributed by atoms with Crippen LogP contribution in [0.4, 0.5) is 4.39 Å². The number of carbonyl (C=O) groups is 2. The zero-order chi connectivity index (χ0) is 21.0. The topological polar surface area (TPSA) is 95.7 Å². The zero-order valence-electron chi connectivity index (χ0n) is 16.9. The number of likely N-dealkylation sites (tertiary alicyclic amines) is 1. The molecule has 2 saturated heterocycles. The largest absolute Gasteiger partial charge is 0.511 e. The normalized spacial score (nSPS) is 27.5. The van der Waals surface area contributed by atoms with E-state index in [9.17, 15) is 19.1 Å². The number of allylic oxidation sites excluding steroid dienone is 2. The van der Waals surface area contributed by atoms with Gasteiger partial charge in [-0.25, -0.2) is 4.39 Å². The van der Waals surface area contributed by atoms with Crippen LogP contribution < -0.4 is 5.32 Å². The minimum atomic E-state index is -1.29. The molecule has 2 aliphatic heterocycles. The van der Waals surface area contributed by atoms with Crippen molar-refractivity contribution >= 4 is 35.2 Å². The van der Waals surface area contributed by atoms with Gasteiger partial charge in [0, 0.05) is 23.4 Å². The van der Waals surface area contributed by atoms with Crippen LogP contribution in [0.5, 0.6) is 0 Å². The Hall–Kier alpha value is -2.71. The maximum absolute atomic E-state index is 13.4. The van der Waals surface area contributed by atoms with Gasteiger partial charge >= 0.3 is 0 Å². The molecule has 0 bridgehead atoms. The fourth-order valence-electron chi connectivity index (χ4n) is 5.29. The highest BCUT2D eigenvalue weighted by atomic mass is 35.5.